The van der Waals surface area contributed by atoms with Gasteiger partial charge in [0.25, 0.3) is 0 Å². The van der Waals surface area contributed by atoms with E-state index in [0.29, 0.717) is 12.3 Å². The third kappa shape index (κ3) is 3.51. The number of aliphatic hydroxyl groups is 1. The van der Waals surface area contributed by atoms with Crippen LogP contribution in [-0.2, 0) is 6.42 Å². The Balaban J connectivity index is 2.24. The number of hydrogen-bond donors (Lipinski definition) is 1. The van der Waals surface area contributed by atoms with E-state index in [1.807, 2.05) is 6.07 Å². The molecule has 2 unspecified atom stereocenters. The van der Waals surface area contributed by atoms with E-state index in [0.717, 1.165) is 18.6 Å². The molecular weight excluding hydrogens is 248 g/mol. The van der Waals surface area contributed by atoms with Crippen LogP contribution < -0.4 is 4.74 Å². The summed E-state index contributed by atoms with van der Waals surface area (Å²) in [6.07, 6.45) is 2.40. The van der Waals surface area contributed by atoms with Crippen molar-refractivity contribution in [1.82, 2.24) is 0 Å². The first-order chi connectivity index (χ1) is 9.63. The molecule has 2 rings (SSSR count). The minimum atomic E-state index is -0.276. The molecular formula is C18H24O2. The Hall–Kier alpha value is -1.54. The third-order valence-electron chi connectivity index (χ3n) is 4.01. The van der Waals surface area contributed by atoms with Crippen LogP contribution in [0, 0.1) is 5.92 Å². The highest BCUT2D eigenvalue weighted by molar-refractivity contribution is 5.87. The fraction of sp³-hybridized carbons (Fsp3) is 0.444. The van der Waals surface area contributed by atoms with Gasteiger partial charge in [-0.05, 0) is 47.2 Å². The normalized spacial score (nSPS) is 14.2. The number of hydrogen-bond acceptors (Lipinski definition) is 2. The van der Waals surface area contributed by atoms with Gasteiger partial charge in [0.2, 0.25) is 0 Å². The Morgan fingerprint density at radius 2 is 2.00 bits per heavy atom. The zero-order chi connectivity index (χ0) is 14.5. The summed E-state index contributed by atoms with van der Waals surface area (Å²) in [7, 11) is 1.68. The minimum Gasteiger partial charge on any atom is -0.497 e. The lowest BCUT2D eigenvalue weighted by Crippen LogP contribution is -2.14. The molecule has 2 heteroatoms. The molecule has 2 aromatic carbocycles. The average Bonchev–Trinajstić information content (AvgIpc) is 2.46. The molecule has 0 aliphatic carbocycles. The predicted molar refractivity (Wildman–Crippen MR) is 84.3 cm³/mol. The van der Waals surface area contributed by atoms with Crippen molar-refractivity contribution < 1.29 is 9.84 Å². The SMILES string of the molecule is CCC(C)CC(O)Cc1cccc2ccc(OC)cc12. The van der Waals surface area contributed by atoms with Crippen LogP contribution in [0.25, 0.3) is 10.8 Å². The quantitative estimate of drug-likeness (QED) is 0.854. The Kier molecular flexibility index (Phi) is 5.02. The van der Waals surface area contributed by atoms with Crippen molar-refractivity contribution in [3.05, 3.63) is 42.0 Å². The number of ether oxygens (including phenoxy) is 1. The van der Waals surface area contributed by atoms with E-state index in [2.05, 4.69) is 44.2 Å². The van der Waals surface area contributed by atoms with Crippen LogP contribution in [0.3, 0.4) is 0 Å². The predicted octanol–water partition coefficient (Wildman–Crippen LogP) is 4.19. The highest BCUT2D eigenvalue weighted by Crippen LogP contribution is 2.26. The molecule has 1 N–H and O–H groups in total. The average molecular weight is 272 g/mol. The molecule has 0 aliphatic heterocycles. The number of benzene rings is 2. The van der Waals surface area contributed by atoms with Gasteiger partial charge in [0, 0.05) is 0 Å². The third-order valence-corrected chi connectivity index (χ3v) is 4.01. The molecule has 0 spiro atoms. The Morgan fingerprint density at radius 3 is 2.70 bits per heavy atom. The molecule has 0 radical (unpaired) electrons. The molecule has 2 atom stereocenters. The molecule has 0 saturated heterocycles. The number of methoxy groups -OCH3 is 1. The molecule has 20 heavy (non-hydrogen) atoms. The maximum atomic E-state index is 10.3. The van der Waals surface area contributed by atoms with E-state index in [4.69, 9.17) is 4.74 Å². The van der Waals surface area contributed by atoms with E-state index < -0.39 is 0 Å². The topological polar surface area (TPSA) is 29.5 Å². The maximum Gasteiger partial charge on any atom is 0.119 e. The second kappa shape index (κ2) is 6.76. The van der Waals surface area contributed by atoms with Crippen molar-refractivity contribution in [2.24, 2.45) is 5.92 Å². The molecule has 0 heterocycles. The lowest BCUT2D eigenvalue weighted by molar-refractivity contribution is 0.145. The summed E-state index contributed by atoms with van der Waals surface area (Å²) in [5.41, 5.74) is 1.19. The van der Waals surface area contributed by atoms with E-state index in [9.17, 15) is 5.11 Å². The molecule has 108 valence electrons. The molecule has 0 aliphatic rings. The van der Waals surface area contributed by atoms with Gasteiger partial charge >= 0.3 is 0 Å². The van der Waals surface area contributed by atoms with Crippen molar-refractivity contribution >= 4 is 10.8 Å². The van der Waals surface area contributed by atoms with Gasteiger partial charge in [-0.2, -0.15) is 0 Å². The molecule has 0 fully saturated rings. The van der Waals surface area contributed by atoms with Gasteiger partial charge in [-0.15, -0.1) is 0 Å². The molecule has 0 aromatic heterocycles. The van der Waals surface area contributed by atoms with E-state index in [1.165, 1.54) is 16.3 Å². The van der Waals surface area contributed by atoms with Crippen molar-refractivity contribution in [3.8, 4) is 5.75 Å². The smallest absolute Gasteiger partial charge is 0.119 e. The standard InChI is InChI=1S/C18H24O2/c1-4-13(2)10-16(19)11-15-7-5-6-14-8-9-17(20-3)12-18(14)15/h5-9,12-13,16,19H,4,10-11H2,1-3H3. The van der Waals surface area contributed by atoms with E-state index in [-0.39, 0.29) is 6.10 Å². The maximum absolute atomic E-state index is 10.3. The number of rotatable bonds is 6. The lowest BCUT2D eigenvalue weighted by Gasteiger charge is -2.16. The zero-order valence-electron chi connectivity index (χ0n) is 12.6. The van der Waals surface area contributed by atoms with Crippen LogP contribution in [0.5, 0.6) is 5.75 Å². The van der Waals surface area contributed by atoms with E-state index in [1.54, 1.807) is 7.11 Å². The second-order valence-corrected chi connectivity index (χ2v) is 5.61. The van der Waals surface area contributed by atoms with Gasteiger partial charge in [-0.3, -0.25) is 0 Å². The van der Waals surface area contributed by atoms with Crippen molar-refractivity contribution in [3.63, 3.8) is 0 Å². The van der Waals surface area contributed by atoms with Crippen molar-refractivity contribution in [1.29, 1.82) is 0 Å². The molecule has 0 saturated carbocycles. The Labute approximate surface area is 121 Å². The van der Waals surface area contributed by atoms with Gasteiger partial charge in [-0.1, -0.05) is 44.5 Å². The second-order valence-electron chi connectivity index (χ2n) is 5.61. The minimum absolute atomic E-state index is 0.276. The zero-order valence-corrected chi connectivity index (χ0v) is 12.6. The lowest BCUT2D eigenvalue weighted by atomic mass is 9.94. The first-order valence-corrected chi connectivity index (χ1v) is 7.37. The van der Waals surface area contributed by atoms with E-state index >= 15 is 0 Å². The molecule has 0 amide bonds. The highest BCUT2D eigenvalue weighted by atomic mass is 16.5. The molecule has 2 aromatic rings. The van der Waals surface area contributed by atoms with Crippen LogP contribution in [-0.4, -0.2) is 18.3 Å². The number of aliphatic hydroxyl groups excluding tert-OH is 1. The fourth-order valence-corrected chi connectivity index (χ4v) is 2.59. The van der Waals surface area contributed by atoms with Gasteiger partial charge in [0.05, 0.1) is 13.2 Å². The monoisotopic (exact) mass is 272 g/mol. The Morgan fingerprint density at radius 1 is 1.20 bits per heavy atom. The van der Waals surface area contributed by atoms with Crippen LogP contribution in [0.1, 0.15) is 32.3 Å². The summed E-state index contributed by atoms with van der Waals surface area (Å²) in [6, 6.07) is 12.3. The fourth-order valence-electron chi connectivity index (χ4n) is 2.59. The summed E-state index contributed by atoms with van der Waals surface area (Å²) >= 11 is 0. The van der Waals surface area contributed by atoms with Crippen molar-refractivity contribution in [2.45, 2.75) is 39.2 Å². The van der Waals surface area contributed by atoms with Gasteiger partial charge in [-0.25, -0.2) is 0 Å². The first kappa shape index (κ1) is 14.9. The van der Waals surface area contributed by atoms with Crippen LogP contribution in [0.2, 0.25) is 0 Å². The molecule has 0 bridgehead atoms. The number of fused-ring (bicyclic) bond motifs is 1. The molecule has 2 nitrogen and oxygen atoms in total. The van der Waals surface area contributed by atoms with Gasteiger partial charge in [0.15, 0.2) is 0 Å². The summed E-state index contributed by atoms with van der Waals surface area (Å²) < 4.78 is 5.30. The van der Waals surface area contributed by atoms with Crippen LogP contribution in [0.15, 0.2) is 36.4 Å². The summed E-state index contributed by atoms with van der Waals surface area (Å²) in [5.74, 6) is 1.43. The largest absolute Gasteiger partial charge is 0.497 e. The van der Waals surface area contributed by atoms with Crippen LogP contribution in [0.4, 0.5) is 0 Å². The summed E-state index contributed by atoms with van der Waals surface area (Å²) in [4.78, 5) is 0. The highest BCUT2D eigenvalue weighted by Gasteiger charge is 2.12. The van der Waals surface area contributed by atoms with Crippen LogP contribution >= 0.6 is 0 Å². The Bertz CT molecular complexity index is 562. The van der Waals surface area contributed by atoms with Crippen molar-refractivity contribution in [2.75, 3.05) is 7.11 Å². The summed E-state index contributed by atoms with van der Waals surface area (Å²) in [6.45, 7) is 4.36. The van der Waals surface area contributed by atoms with Gasteiger partial charge < -0.3 is 9.84 Å². The first-order valence-electron chi connectivity index (χ1n) is 7.37. The van der Waals surface area contributed by atoms with Gasteiger partial charge in [0.1, 0.15) is 5.75 Å². The summed E-state index contributed by atoms with van der Waals surface area (Å²) in [5, 5.41) is 12.6.